The van der Waals surface area contributed by atoms with Crippen LogP contribution in [0.4, 0.5) is 0 Å². The molecule has 0 saturated carbocycles. The summed E-state index contributed by atoms with van der Waals surface area (Å²) >= 11 is 0. The van der Waals surface area contributed by atoms with E-state index in [2.05, 4.69) is 0 Å². The third-order valence-corrected chi connectivity index (χ3v) is 3.39. The molecule has 0 saturated heterocycles. The van der Waals surface area contributed by atoms with Crippen molar-refractivity contribution in [1.82, 2.24) is 4.90 Å². The lowest BCUT2D eigenvalue weighted by Crippen LogP contribution is -2.42. The van der Waals surface area contributed by atoms with Gasteiger partial charge in [0.15, 0.2) is 0 Å². The number of fused-ring (bicyclic) bond motifs is 1. The van der Waals surface area contributed by atoms with E-state index in [-0.39, 0.29) is 11.5 Å². The number of carbonyl (C=O) groups excluding carboxylic acids is 1. The number of carbonyl (C=O) groups is 2. The molecule has 1 aromatic rings. The first-order valence-electron chi connectivity index (χ1n) is 6.43. The van der Waals surface area contributed by atoms with Gasteiger partial charge in [0.25, 0.3) is 0 Å². The van der Waals surface area contributed by atoms with Gasteiger partial charge in [-0.05, 0) is 29.7 Å². The highest BCUT2D eigenvalue weighted by atomic mass is 16.4. The zero-order valence-corrected chi connectivity index (χ0v) is 11.6. The second-order valence-electron chi connectivity index (χ2n) is 6.02. The fourth-order valence-corrected chi connectivity index (χ4v) is 2.34. The molecule has 1 aromatic carbocycles. The Balaban J connectivity index is 2.25. The predicted octanol–water partition coefficient (Wildman–Crippen LogP) is 2.32. The Kier molecular flexibility index (Phi) is 3.35. The molecule has 1 amide bonds. The zero-order chi connectivity index (χ0) is 14.2. The topological polar surface area (TPSA) is 57.6 Å². The van der Waals surface area contributed by atoms with E-state index < -0.39 is 11.4 Å². The quantitative estimate of drug-likeness (QED) is 0.844. The molecular weight excluding hydrogens is 242 g/mol. The molecule has 1 aliphatic rings. The highest BCUT2D eigenvalue weighted by Gasteiger charge is 2.29. The number of benzene rings is 1. The normalized spacial score (nSPS) is 15.0. The lowest BCUT2D eigenvalue weighted by Gasteiger charge is -2.33. The van der Waals surface area contributed by atoms with Crippen molar-refractivity contribution in [2.24, 2.45) is 5.41 Å². The maximum atomic E-state index is 12.3. The van der Waals surface area contributed by atoms with E-state index in [9.17, 15) is 9.59 Å². The molecule has 19 heavy (non-hydrogen) atoms. The van der Waals surface area contributed by atoms with Crippen LogP contribution in [0, 0.1) is 5.41 Å². The van der Waals surface area contributed by atoms with E-state index >= 15 is 0 Å². The van der Waals surface area contributed by atoms with Gasteiger partial charge in [0.2, 0.25) is 5.91 Å². The van der Waals surface area contributed by atoms with Crippen molar-refractivity contribution < 1.29 is 14.7 Å². The van der Waals surface area contributed by atoms with Crippen molar-refractivity contribution in [3.8, 4) is 0 Å². The average Bonchev–Trinajstić information content (AvgIpc) is 2.35. The fraction of sp³-hybridized carbons (Fsp3) is 0.467. The van der Waals surface area contributed by atoms with Crippen LogP contribution in [0.25, 0.3) is 0 Å². The largest absolute Gasteiger partial charge is 0.478 e. The van der Waals surface area contributed by atoms with Gasteiger partial charge in [-0.1, -0.05) is 26.8 Å². The number of carboxylic acids is 1. The summed E-state index contributed by atoms with van der Waals surface area (Å²) in [5, 5.41) is 9.01. The highest BCUT2D eigenvalue weighted by Crippen LogP contribution is 2.25. The van der Waals surface area contributed by atoms with Gasteiger partial charge in [0.1, 0.15) is 0 Å². The minimum absolute atomic E-state index is 0.110. The van der Waals surface area contributed by atoms with Crippen LogP contribution < -0.4 is 0 Å². The lowest BCUT2D eigenvalue weighted by molar-refractivity contribution is -0.140. The van der Waals surface area contributed by atoms with E-state index in [0.29, 0.717) is 13.1 Å². The molecule has 0 aliphatic carbocycles. The molecule has 0 bridgehead atoms. The molecule has 0 spiro atoms. The van der Waals surface area contributed by atoms with Gasteiger partial charge in [0.05, 0.1) is 5.56 Å². The summed E-state index contributed by atoms with van der Waals surface area (Å²) < 4.78 is 0. The predicted molar refractivity (Wildman–Crippen MR) is 72.0 cm³/mol. The molecule has 102 valence electrons. The van der Waals surface area contributed by atoms with Crippen LogP contribution in [-0.4, -0.2) is 28.4 Å². The summed E-state index contributed by atoms with van der Waals surface area (Å²) in [5.74, 6) is -0.819. The maximum Gasteiger partial charge on any atom is 0.335 e. The van der Waals surface area contributed by atoms with E-state index in [1.807, 2.05) is 31.7 Å². The van der Waals surface area contributed by atoms with Crippen LogP contribution in [0.2, 0.25) is 0 Å². The summed E-state index contributed by atoms with van der Waals surface area (Å²) in [7, 11) is 0. The monoisotopic (exact) mass is 261 g/mol. The Morgan fingerprint density at radius 3 is 2.47 bits per heavy atom. The summed E-state index contributed by atoms with van der Waals surface area (Å²) in [6.45, 7) is 6.91. The van der Waals surface area contributed by atoms with Gasteiger partial charge >= 0.3 is 5.97 Å². The molecule has 1 N–H and O–H groups in total. The van der Waals surface area contributed by atoms with Gasteiger partial charge in [-0.2, -0.15) is 0 Å². The fourth-order valence-electron chi connectivity index (χ4n) is 2.34. The molecule has 0 aromatic heterocycles. The van der Waals surface area contributed by atoms with E-state index in [1.54, 1.807) is 12.1 Å². The highest BCUT2D eigenvalue weighted by molar-refractivity contribution is 5.88. The number of amides is 1. The van der Waals surface area contributed by atoms with Crippen molar-refractivity contribution in [2.45, 2.75) is 33.7 Å². The van der Waals surface area contributed by atoms with Gasteiger partial charge < -0.3 is 10.0 Å². The van der Waals surface area contributed by atoms with E-state index in [1.165, 1.54) is 0 Å². The van der Waals surface area contributed by atoms with Crippen LogP contribution in [-0.2, 0) is 17.8 Å². The number of hydrogen-bond acceptors (Lipinski definition) is 2. The molecule has 4 heteroatoms. The average molecular weight is 261 g/mol. The first kappa shape index (κ1) is 13.6. The van der Waals surface area contributed by atoms with Crippen LogP contribution in [0.1, 0.15) is 42.3 Å². The Hall–Kier alpha value is -1.84. The Morgan fingerprint density at radius 2 is 1.89 bits per heavy atom. The molecule has 0 fully saturated rings. The lowest BCUT2D eigenvalue weighted by atomic mass is 9.91. The molecule has 0 unspecified atom stereocenters. The van der Waals surface area contributed by atoms with Crippen molar-refractivity contribution in [2.75, 3.05) is 6.54 Å². The van der Waals surface area contributed by atoms with Gasteiger partial charge in [0, 0.05) is 18.5 Å². The second-order valence-corrected chi connectivity index (χ2v) is 6.02. The number of aromatic carboxylic acids is 1. The number of nitrogens with zero attached hydrogens (tertiary/aromatic N) is 1. The molecule has 1 aliphatic heterocycles. The molecule has 0 atom stereocenters. The first-order valence-corrected chi connectivity index (χ1v) is 6.43. The summed E-state index contributed by atoms with van der Waals surface area (Å²) in [4.78, 5) is 25.1. The van der Waals surface area contributed by atoms with Crippen molar-refractivity contribution in [3.05, 3.63) is 34.9 Å². The Labute approximate surface area is 113 Å². The van der Waals surface area contributed by atoms with Crippen LogP contribution in [0.3, 0.4) is 0 Å². The van der Waals surface area contributed by atoms with Crippen molar-refractivity contribution >= 4 is 11.9 Å². The first-order chi connectivity index (χ1) is 8.79. The Bertz CT molecular complexity index is 529. The van der Waals surface area contributed by atoms with Crippen LogP contribution in [0.15, 0.2) is 18.2 Å². The van der Waals surface area contributed by atoms with Crippen LogP contribution in [0.5, 0.6) is 0 Å². The third kappa shape index (κ3) is 2.78. The zero-order valence-electron chi connectivity index (χ0n) is 11.6. The number of rotatable bonds is 1. The summed E-state index contributed by atoms with van der Waals surface area (Å²) in [6, 6.07) is 5.17. The smallest absolute Gasteiger partial charge is 0.335 e. The third-order valence-electron chi connectivity index (χ3n) is 3.39. The number of hydrogen-bond donors (Lipinski definition) is 1. The standard InChI is InChI=1S/C15H19NO3/c1-15(2,3)14(19)16-7-6-10-4-5-11(13(17)18)8-12(10)9-16/h4-5,8H,6-7,9H2,1-3H3,(H,17,18). The SMILES string of the molecule is CC(C)(C)C(=O)N1CCc2ccc(C(=O)O)cc2C1. The second kappa shape index (κ2) is 4.68. The summed E-state index contributed by atoms with van der Waals surface area (Å²) in [6.07, 6.45) is 0.789. The Morgan fingerprint density at radius 1 is 1.21 bits per heavy atom. The van der Waals surface area contributed by atoms with E-state index in [0.717, 1.165) is 17.5 Å². The van der Waals surface area contributed by atoms with Gasteiger partial charge in [-0.15, -0.1) is 0 Å². The molecular formula is C15H19NO3. The minimum Gasteiger partial charge on any atom is -0.478 e. The minimum atomic E-state index is -0.929. The van der Waals surface area contributed by atoms with Crippen molar-refractivity contribution in [3.63, 3.8) is 0 Å². The summed E-state index contributed by atoms with van der Waals surface area (Å²) in [5.41, 5.74) is 1.97. The number of carboxylic acid groups (broad SMARTS) is 1. The molecule has 1 heterocycles. The molecule has 2 rings (SSSR count). The van der Waals surface area contributed by atoms with Gasteiger partial charge in [-0.3, -0.25) is 4.79 Å². The van der Waals surface area contributed by atoms with E-state index in [4.69, 9.17) is 5.11 Å². The molecule has 4 nitrogen and oxygen atoms in total. The molecule has 0 radical (unpaired) electrons. The van der Waals surface area contributed by atoms with Gasteiger partial charge in [-0.25, -0.2) is 4.79 Å². The van der Waals surface area contributed by atoms with Crippen molar-refractivity contribution in [1.29, 1.82) is 0 Å². The van der Waals surface area contributed by atoms with Crippen LogP contribution >= 0.6 is 0 Å². The maximum absolute atomic E-state index is 12.3.